The standard InChI is InChI=1S/C13H12N2O2/c1-9(16)15-11-4-5-13(17)12(7-11)10-3-2-6-14-8-10/h2-8,17H,1H3,(H,15,16). The summed E-state index contributed by atoms with van der Waals surface area (Å²) in [5.74, 6) is 0.0138. The molecule has 0 aliphatic heterocycles. The molecule has 0 radical (unpaired) electrons. The molecule has 0 unspecified atom stereocenters. The van der Waals surface area contributed by atoms with Gasteiger partial charge in [-0.3, -0.25) is 9.78 Å². The van der Waals surface area contributed by atoms with Crippen molar-refractivity contribution in [1.82, 2.24) is 4.98 Å². The zero-order valence-electron chi connectivity index (χ0n) is 9.34. The van der Waals surface area contributed by atoms with Gasteiger partial charge in [0.05, 0.1) is 0 Å². The third-order valence-corrected chi connectivity index (χ3v) is 2.29. The van der Waals surface area contributed by atoms with Gasteiger partial charge in [-0.2, -0.15) is 0 Å². The van der Waals surface area contributed by atoms with Crippen molar-refractivity contribution in [2.45, 2.75) is 6.92 Å². The van der Waals surface area contributed by atoms with E-state index in [1.807, 2.05) is 6.07 Å². The molecule has 2 aromatic rings. The number of phenolic OH excluding ortho intramolecular Hbond substituents is 1. The molecule has 86 valence electrons. The molecular formula is C13H12N2O2. The van der Waals surface area contributed by atoms with Crippen LogP contribution in [-0.4, -0.2) is 16.0 Å². The van der Waals surface area contributed by atoms with Crippen molar-refractivity contribution >= 4 is 11.6 Å². The van der Waals surface area contributed by atoms with Crippen molar-refractivity contribution in [3.8, 4) is 16.9 Å². The van der Waals surface area contributed by atoms with Crippen molar-refractivity contribution in [2.24, 2.45) is 0 Å². The van der Waals surface area contributed by atoms with Crippen LogP contribution in [0, 0.1) is 0 Å². The average Bonchev–Trinajstić information content (AvgIpc) is 2.32. The van der Waals surface area contributed by atoms with E-state index in [-0.39, 0.29) is 11.7 Å². The Labute approximate surface area is 98.9 Å². The molecule has 17 heavy (non-hydrogen) atoms. The number of nitrogens with one attached hydrogen (secondary N) is 1. The summed E-state index contributed by atoms with van der Waals surface area (Å²) in [7, 11) is 0. The van der Waals surface area contributed by atoms with Crippen molar-refractivity contribution in [3.05, 3.63) is 42.7 Å². The monoisotopic (exact) mass is 228 g/mol. The number of nitrogens with zero attached hydrogens (tertiary/aromatic N) is 1. The van der Waals surface area contributed by atoms with Gasteiger partial charge in [0.25, 0.3) is 0 Å². The highest BCUT2D eigenvalue weighted by Crippen LogP contribution is 2.30. The minimum atomic E-state index is -0.146. The van der Waals surface area contributed by atoms with E-state index in [2.05, 4.69) is 10.3 Å². The first-order valence-electron chi connectivity index (χ1n) is 5.18. The topological polar surface area (TPSA) is 62.2 Å². The van der Waals surface area contributed by atoms with Gasteiger partial charge in [0, 0.05) is 36.1 Å². The van der Waals surface area contributed by atoms with Gasteiger partial charge in [0.1, 0.15) is 5.75 Å². The Kier molecular flexibility index (Phi) is 3.05. The second-order valence-electron chi connectivity index (χ2n) is 3.65. The summed E-state index contributed by atoms with van der Waals surface area (Å²) in [5, 5.41) is 12.5. The lowest BCUT2D eigenvalue weighted by molar-refractivity contribution is -0.114. The van der Waals surface area contributed by atoms with Crippen LogP contribution in [0.3, 0.4) is 0 Å². The van der Waals surface area contributed by atoms with Gasteiger partial charge in [-0.1, -0.05) is 6.07 Å². The third kappa shape index (κ3) is 2.60. The number of carbonyl (C=O) groups is 1. The fraction of sp³-hybridized carbons (Fsp3) is 0.0769. The SMILES string of the molecule is CC(=O)Nc1ccc(O)c(-c2cccnc2)c1. The zero-order chi connectivity index (χ0) is 12.3. The van der Waals surface area contributed by atoms with E-state index >= 15 is 0 Å². The van der Waals surface area contributed by atoms with Crippen LogP contribution in [0.15, 0.2) is 42.7 Å². The van der Waals surface area contributed by atoms with Crippen molar-refractivity contribution in [3.63, 3.8) is 0 Å². The van der Waals surface area contributed by atoms with E-state index in [1.54, 1.807) is 36.7 Å². The number of aromatic hydroxyl groups is 1. The number of anilines is 1. The lowest BCUT2D eigenvalue weighted by Crippen LogP contribution is -2.05. The Morgan fingerprint density at radius 2 is 2.18 bits per heavy atom. The predicted octanol–water partition coefficient (Wildman–Crippen LogP) is 2.41. The van der Waals surface area contributed by atoms with Gasteiger partial charge in [0.15, 0.2) is 0 Å². The first-order valence-corrected chi connectivity index (χ1v) is 5.18. The Hall–Kier alpha value is -2.36. The summed E-state index contributed by atoms with van der Waals surface area (Å²) in [6.07, 6.45) is 3.32. The van der Waals surface area contributed by atoms with E-state index in [0.717, 1.165) is 5.56 Å². The molecule has 2 N–H and O–H groups in total. The van der Waals surface area contributed by atoms with E-state index < -0.39 is 0 Å². The maximum absolute atomic E-state index is 11.0. The Bertz CT molecular complexity index is 538. The first kappa shape index (κ1) is 11.1. The lowest BCUT2D eigenvalue weighted by Gasteiger charge is -2.08. The summed E-state index contributed by atoms with van der Waals surface area (Å²) in [5.41, 5.74) is 2.09. The largest absolute Gasteiger partial charge is 0.507 e. The Morgan fingerprint density at radius 1 is 1.35 bits per heavy atom. The fourth-order valence-electron chi connectivity index (χ4n) is 1.57. The summed E-state index contributed by atoms with van der Waals surface area (Å²) < 4.78 is 0. The second-order valence-corrected chi connectivity index (χ2v) is 3.65. The molecule has 2 rings (SSSR count). The molecule has 4 heteroatoms. The van der Waals surface area contributed by atoms with Crippen molar-refractivity contribution in [1.29, 1.82) is 0 Å². The number of rotatable bonds is 2. The predicted molar refractivity (Wildman–Crippen MR) is 65.6 cm³/mol. The molecule has 1 amide bonds. The fourth-order valence-corrected chi connectivity index (χ4v) is 1.57. The number of aromatic nitrogens is 1. The number of amides is 1. The van der Waals surface area contributed by atoms with Crippen LogP contribution >= 0.6 is 0 Å². The minimum Gasteiger partial charge on any atom is -0.507 e. The summed E-state index contributed by atoms with van der Waals surface area (Å²) >= 11 is 0. The number of benzene rings is 1. The van der Waals surface area contributed by atoms with Gasteiger partial charge >= 0.3 is 0 Å². The van der Waals surface area contributed by atoms with E-state index in [4.69, 9.17) is 0 Å². The molecule has 1 aromatic carbocycles. The maximum Gasteiger partial charge on any atom is 0.221 e. The van der Waals surface area contributed by atoms with Crippen LogP contribution in [0.25, 0.3) is 11.1 Å². The van der Waals surface area contributed by atoms with E-state index in [1.165, 1.54) is 6.92 Å². The van der Waals surface area contributed by atoms with Gasteiger partial charge in [-0.05, 0) is 24.3 Å². The maximum atomic E-state index is 11.0. The second kappa shape index (κ2) is 4.65. The van der Waals surface area contributed by atoms with Gasteiger partial charge in [0.2, 0.25) is 5.91 Å². The van der Waals surface area contributed by atoms with Crippen LogP contribution < -0.4 is 5.32 Å². The normalized spacial score (nSPS) is 9.94. The molecule has 1 aromatic heterocycles. The van der Waals surface area contributed by atoms with Gasteiger partial charge in [-0.15, -0.1) is 0 Å². The van der Waals surface area contributed by atoms with Crippen molar-refractivity contribution in [2.75, 3.05) is 5.32 Å². The number of phenols is 1. The van der Waals surface area contributed by atoms with E-state index in [0.29, 0.717) is 11.3 Å². The van der Waals surface area contributed by atoms with Crippen LogP contribution in [0.4, 0.5) is 5.69 Å². The zero-order valence-corrected chi connectivity index (χ0v) is 9.34. The highest BCUT2D eigenvalue weighted by atomic mass is 16.3. The van der Waals surface area contributed by atoms with Gasteiger partial charge < -0.3 is 10.4 Å². The third-order valence-electron chi connectivity index (χ3n) is 2.29. The molecule has 0 bridgehead atoms. The molecule has 0 aliphatic carbocycles. The highest BCUT2D eigenvalue weighted by molar-refractivity contribution is 5.90. The lowest BCUT2D eigenvalue weighted by atomic mass is 10.1. The first-order chi connectivity index (χ1) is 8.16. The molecule has 0 aliphatic rings. The molecule has 0 fully saturated rings. The molecule has 0 spiro atoms. The summed E-state index contributed by atoms with van der Waals surface area (Å²) in [4.78, 5) is 15.0. The van der Waals surface area contributed by atoms with Crippen LogP contribution in [-0.2, 0) is 4.79 Å². The quantitative estimate of drug-likeness (QED) is 0.776. The van der Waals surface area contributed by atoms with Gasteiger partial charge in [-0.25, -0.2) is 0 Å². The van der Waals surface area contributed by atoms with Crippen LogP contribution in [0.5, 0.6) is 5.75 Å². The summed E-state index contributed by atoms with van der Waals surface area (Å²) in [6, 6.07) is 8.55. The minimum absolute atomic E-state index is 0.146. The Balaban J connectivity index is 2.43. The van der Waals surface area contributed by atoms with Crippen molar-refractivity contribution < 1.29 is 9.90 Å². The molecule has 0 saturated heterocycles. The number of hydrogen-bond donors (Lipinski definition) is 2. The smallest absolute Gasteiger partial charge is 0.221 e. The average molecular weight is 228 g/mol. The highest BCUT2D eigenvalue weighted by Gasteiger charge is 2.06. The molecule has 4 nitrogen and oxygen atoms in total. The molecular weight excluding hydrogens is 216 g/mol. The Morgan fingerprint density at radius 3 is 2.82 bits per heavy atom. The molecule has 1 heterocycles. The molecule has 0 atom stereocenters. The van der Waals surface area contributed by atoms with Crippen LogP contribution in [0.1, 0.15) is 6.92 Å². The van der Waals surface area contributed by atoms with Crippen LogP contribution in [0.2, 0.25) is 0 Å². The summed E-state index contributed by atoms with van der Waals surface area (Å²) in [6.45, 7) is 1.44. The number of carbonyl (C=O) groups excluding carboxylic acids is 1. The molecule has 0 saturated carbocycles. The number of hydrogen-bond acceptors (Lipinski definition) is 3. The number of pyridine rings is 1. The van der Waals surface area contributed by atoms with E-state index in [9.17, 15) is 9.90 Å².